The zero-order valence-electron chi connectivity index (χ0n) is 11.3. The van der Waals surface area contributed by atoms with Crippen molar-refractivity contribution in [2.24, 2.45) is 0 Å². The maximum Gasteiger partial charge on any atom is 0.352 e. The summed E-state index contributed by atoms with van der Waals surface area (Å²) in [6.45, 7) is 3.18. The summed E-state index contributed by atoms with van der Waals surface area (Å²) >= 11 is 1.74. The maximum atomic E-state index is 12.6. The van der Waals surface area contributed by atoms with Gasteiger partial charge in [0.2, 0.25) is 10.0 Å². The topological polar surface area (TPSA) is 79.6 Å². The molecule has 0 atom stereocenters. The van der Waals surface area contributed by atoms with Crippen LogP contribution in [0.3, 0.4) is 0 Å². The summed E-state index contributed by atoms with van der Waals surface area (Å²) in [5, 5.41) is 9.10. The molecule has 1 N–H and O–H groups in total. The maximum absolute atomic E-state index is 12.6. The van der Waals surface area contributed by atoms with Gasteiger partial charge in [0.25, 0.3) is 0 Å². The van der Waals surface area contributed by atoms with Crippen molar-refractivity contribution in [1.82, 2.24) is 8.87 Å². The number of carboxylic acid groups (broad SMARTS) is 1. The zero-order chi connectivity index (χ0) is 14.8. The summed E-state index contributed by atoms with van der Waals surface area (Å²) in [4.78, 5) is 11.2. The van der Waals surface area contributed by atoms with Crippen LogP contribution in [0.5, 0.6) is 0 Å². The summed E-state index contributed by atoms with van der Waals surface area (Å²) < 4.78 is 28.0. The predicted octanol–water partition coefficient (Wildman–Crippen LogP) is 1.33. The highest BCUT2D eigenvalue weighted by Crippen LogP contribution is 2.22. The molecule has 1 fully saturated rings. The van der Waals surface area contributed by atoms with E-state index in [1.54, 1.807) is 18.7 Å². The Morgan fingerprint density at radius 2 is 2.15 bits per heavy atom. The lowest BCUT2D eigenvalue weighted by Crippen LogP contribution is -2.32. The molecular weight excluding hydrogens is 300 g/mol. The molecule has 0 saturated carbocycles. The molecule has 1 aromatic heterocycles. The molecule has 0 aliphatic carbocycles. The number of carboxylic acids is 1. The summed E-state index contributed by atoms with van der Waals surface area (Å²) in [5.74, 6) is 0.627. The van der Waals surface area contributed by atoms with E-state index < -0.39 is 16.0 Å². The third kappa shape index (κ3) is 3.02. The Balaban J connectivity index is 2.35. The van der Waals surface area contributed by atoms with Crippen LogP contribution < -0.4 is 0 Å². The molecule has 8 heteroatoms. The Bertz CT molecular complexity index is 587. The lowest BCUT2D eigenvalue weighted by Gasteiger charge is -2.18. The van der Waals surface area contributed by atoms with E-state index in [-0.39, 0.29) is 10.6 Å². The molecule has 112 valence electrons. The molecule has 20 heavy (non-hydrogen) atoms. The number of sulfonamides is 1. The summed E-state index contributed by atoms with van der Waals surface area (Å²) in [6, 6.07) is 1.25. The Morgan fingerprint density at radius 1 is 1.40 bits per heavy atom. The molecule has 0 amide bonds. The molecule has 1 aliphatic heterocycles. The Morgan fingerprint density at radius 3 is 2.75 bits per heavy atom. The fourth-order valence-corrected chi connectivity index (χ4v) is 4.70. The molecule has 2 heterocycles. The first-order chi connectivity index (χ1) is 9.46. The first-order valence-electron chi connectivity index (χ1n) is 6.48. The third-order valence-corrected chi connectivity index (χ3v) is 6.16. The summed E-state index contributed by atoms with van der Waals surface area (Å²) in [6.07, 6.45) is 2.24. The molecular formula is C12H18N2O4S2. The van der Waals surface area contributed by atoms with Crippen LogP contribution in [0.15, 0.2) is 17.2 Å². The number of hydrogen-bond acceptors (Lipinski definition) is 4. The SMILES string of the molecule is CCn1cc(S(=O)(=O)N2CCCSCC2)cc1C(=O)O. The van der Waals surface area contributed by atoms with Crippen molar-refractivity contribution in [3.63, 3.8) is 0 Å². The van der Waals surface area contributed by atoms with Crippen LogP contribution in [-0.4, -0.2) is 53.0 Å². The van der Waals surface area contributed by atoms with Gasteiger partial charge in [0, 0.05) is 31.6 Å². The van der Waals surface area contributed by atoms with Gasteiger partial charge in [-0.1, -0.05) is 0 Å². The van der Waals surface area contributed by atoms with Crippen molar-refractivity contribution in [2.45, 2.75) is 24.8 Å². The fraction of sp³-hybridized carbons (Fsp3) is 0.583. The van der Waals surface area contributed by atoms with Gasteiger partial charge in [-0.25, -0.2) is 13.2 Å². The van der Waals surface area contributed by atoms with Gasteiger partial charge in [-0.15, -0.1) is 0 Å². The Hall–Kier alpha value is -0.990. The third-order valence-electron chi connectivity index (χ3n) is 3.25. The smallest absolute Gasteiger partial charge is 0.352 e. The van der Waals surface area contributed by atoms with Crippen LogP contribution in [0.2, 0.25) is 0 Å². The minimum atomic E-state index is -3.59. The van der Waals surface area contributed by atoms with Crippen LogP contribution in [-0.2, 0) is 16.6 Å². The summed E-state index contributed by atoms with van der Waals surface area (Å²) in [7, 11) is -3.59. The molecule has 1 aliphatic rings. The van der Waals surface area contributed by atoms with E-state index in [9.17, 15) is 13.2 Å². The number of carbonyl (C=O) groups is 1. The Kier molecular flexibility index (Phi) is 4.77. The van der Waals surface area contributed by atoms with Crippen molar-refractivity contribution < 1.29 is 18.3 Å². The van der Waals surface area contributed by atoms with Crippen LogP contribution in [0.25, 0.3) is 0 Å². The average molecular weight is 318 g/mol. The average Bonchev–Trinajstić information content (AvgIpc) is 2.66. The second kappa shape index (κ2) is 6.19. The van der Waals surface area contributed by atoms with E-state index in [0.29, 0.717) is 19.6 Å². The second-order valence-electron chi connectivity index (χ2n) is 4.52. The number of nitrogens with zero attached hydrogens (tertiary/aromatic N) is 2. The second-order valence-corrected chi connectivity index (χ2v) is 7.68. The van der Waals surface area contributed by atoms with E-state index in [4.69, 9.17) is 5.11 Å². The number of aryl methyl sites for hydroxylation is 1. The van der Waals surface area contributed by atoms with Crippen LogP contribution in [0, 0.1) is 0 Å². The highest BCUT2D eigenvalue weighted by Gasteiger charge is 2.28. The quantitative estimate of drug-likeness (QED) is 0.906. The van der Waals surface area contributed by atoms with E-state index in [1.807, 2.05) is 0 Å². The lowest BCUT2D eigenvalue weighted by molar-refractivity contribution is 0.0685. The zero-order valence-corrected chi connectivity index (χ0v) is 12.9. The normalized spacial score (nSPS) is 17.9. The van der Waals surface area contributed by atoms with Gasteiger partial charge >= 0.3 is 5.97 Å². The summed E-state index contributed by atoms with van der Waals surface area (Å²) in [5.41, 5.74) is 0.00951. The largest absolute Gasteiger partial charge is 0.477 e. The highest BCUT2D eigenvalue weighted by atomic mass is 32.2. The van der Waals surface area contributed by atoms with Crippen LogP contribution in [0.1, 0.15) is 23.8 Å². The Labute approximate surface area is 122 Å². The van der Waals surface area contributed by atoms with Crippen molar-refractivity contribution in [2.75, 3.05) is 24.6 Å². The number of aromatic nitrogens is 1. The first kappa shape index (κ1) is 15.4. The molecule has 1 aromatic rings. The molecule has 1 saturated heterocycles. The molecule has 0 unspecified atom stereocenters. The fourth-order valence-electron chi connectivity index (χ4n) is 2.18. The minimum absolute atomic E-state index is 0.00951. The predicted molar refractivity (Wildman–Crippen MR) is 77.8 cm³/mol. The van der Waals surface area contributed by atoms with Crippen molar-refractivity contribution in [3.8, 4) is 0 Å². The molecule has 0 radical (unpaired) electrons. The molecule has 2 rings (SSSR count). The molecule has 0 spiro atoms. The van der Waals surface area contributed by atoms with Crippen molar-refractivity contribution >= 4 is 27.8 Å². The van der Waals surface area contributed by atoms with Gasteiger partial charge in [-0.05, 0) is 25.2 Å². The van der Waals surface area contributed by atoms with Gasteiger partial charge in [-0.3, -0.25) is 0 Å². The molecule has 0 aromatic carbocycles. The molecule has 0 bridgehead atoms. The number of thioether (sulfide) groups is 1. The lowest BCUT2D eigenvalue weighted by atomic mass is 10.4. The molecule has 6 nitrogen and oxygen atoms in total. The van der Waals surface area contributed by atoms with E-state index in [2.05, 4.69) is 0 Å². The highest BCUT2D eigenvalue weighted by molar-refractivity contribution is 7.99. The number of rotatable bonds is 4. The first-order valence-corrected chi connectivity index (χ1v) is 9.07. The number of hydrogen-bond donors (Lipinski definition) is 1. The van der Waals surface area contributed by atoms with Crippen molar-refractivity contribution in [1.29, 1.82) is 0 Å². The van der Waals surface area contributed by atoms with E-state index >= 15 is 0 Å². The van der Waals surface area contributed by atoms with Gasteiger partial charge in [0.15, 0.2) is 0 Å². The standard InChI is InChI=1S/C12H18N2O4S2/c1-2-13-9-10(8-11(13)12(15)16)20(17,18)14-4-3-6-19-7-5-14/h8-9H,2-7H2,1H3,(H,15,16). The van der Waals surface area contributed by atoms with E-state index in [0.717, 1.165) is 17.9 Å². The van der Waals surface area contributed by atoms with Gasteiger partial charge < -0.3 is 9.67 Å². The van der Waals surface area contributed by atoms with Gasteiger partial charge in [0.05, 0.1) is 0 Å². The van der Waals surface area contributed by atoms with Gasteiger partial charge in [0.1, 0.15) is 10.6 Å². The van der Waals surface area contributed by atoms with Gasteiger partial charge in [-0.2, -0.15) is 16.1 Å². The van der Waals surface area contributed by atoms with Crippen LogP contribution >= 0.6 is 11.8 Å². The van der Waals surface area contributed by atoms with Crippen LogP contribution in [0.4, 0.5) is 0 Å². The van der Waals surface area contributed by atoms with E-state index in [1.165, 1.54) is 21.1 Å². The monoisotopic (exact) mass is 318 g/mol. The van der Waals surface area contributed by atoms with Crippen molar-refractivity contribution in [3.05, 3.63) is 18.0 Å². The minimum Gasteiger partial charge on any atom is -0.477 e. The number of aromatic carboxylic acids is 1.